The molecule has 0 saturated heterocycles. The minimum absolute atomic E-state index is 0.103. The first-order chi connectivity index (χ1) is 8.10. The smallest absolute Gasteiger partial charge is 0.270 e. The molecule has 4 nitrogen and oxygen atoms in total. The lowest BCUT2D eigenvalue weighted by atomic mass is 10.0. The summed E-state index contributed by atoms with van der Waals surface area (Å²) in [6.45, 7) is 7.23. The Morgan fingerprint density at radius 1 is 1.53 bits per heavy atom. The molecule has 0 amide bonds. The van der Waals surface area contributed by atoms with E-state index in [0.29, 0.717) is 11.8 Å². The van der Waals surface area contributed by atoms with Crippen LogP contribution >= 0.6 is 27.7 Å². The third-order valence-electron chi connectivity index (χ3n) is 2.74. The Balaban J connectivity index is 2.65. The number of hydrogen-bond acceptors (Lipinski definition) is 3. The van der Waals surface area contributed by atoms with E-state index in [1.165, 1.54) is 0 Å². The lowest BCUT2D eigenvalue weighted by Crippen LogP contribution is -2.18. The van der Waals surface area contributed by atoms with Gasteiger partial charge in [-0.1, -0.05) is 48.5 Å². The molecule has 0 aliphatic heterocycles. The van der Waals surface area contributed by atoms with Crippen LogP contribution in [0.15, 0.2) is 9.95 Å². The van der Waals surface area contributed by atoms with Crippen molar-refractivity contribution < 1.29 is 0 Å². The number of halogens is 1. The maximum Gasteiger partial charge on any atom is 0.343 e. The molecule has 1 aromatic rings. The summed E-state index contributed by atoms with van der Waals surface area (Å²) in [5, 5.41) is 8.39. The van der Waals surface area contributed by atoms with Gasteiger partial charge >= 0.3 is 5.69 Å². The Labute approximate surface area is 115 Å². The molecule has 1 unspecified atom stereocenters. The first-order valence-corrected chi connectivity index (χ1v) is 8.04. The lowest BCUT2D eigenvalue weighted by molar-refractivity contribution is 0.473. The SMILES string of the molecule is CCCn1c(SCC(CBr)C(C)C)n[nH]c1=O. The van der Waals surface area contributed by atoms with Crippen LogP contribution in [-0.4, -0.2) is 25.8 Å². The summed E-state index contributed by atoms with van der Waals surface area (Å²) in [4.78, 5) is 11.5. The summed E-state index contributed by atoms with van der Waals surface area (Å²) in [5.74, 6) is 2.21. The first kappa shape index (κ1) is 14.8. The average molecular weight is 322 g/mol. The van der Waals surface area contributed by atoms with Gasteiger partial charge in [0.15, 0.2) is 5.16 Å². The van der Waals surface area contributed by atoms with Crippen LogP contribution in [0.5, 0.6) is 0 Å². The predicted molar refractivity (Wildman–Crippen MR) is 76.0 cm³/mol. The van der Waals surface area contributed by atoms with Gasteiger partial charge in [-0.3, -0.25) is 4.57 Å². The molecule has 0 fully saturated rings. The highest BCUT2D eigenvalue weighted by Gasteiger charge is 2.15. The number of aromatic nitrogens is 3. The number of hydrogen-bond donors (Lipinski definition) is 1. The Hall–Kier alpha value is -0.230. The van der Waals surface area contributed by atoms with Crippen molar-refractivity contribution in [3.63, 3.8) is 0 Å². The van der Waals surface area contributed by atoms with Crippen LogP contribution in [0.3, 0.4) is 0 Å². The Bertz CT molecular complexity index is 388. The highest BCUT2D eigenvalue weighted by molar-refractivity contribution is 9.09. The number of thioether (sulfide) groups is 1. The number of nitrogens with one attached hydrogen (secondary N) is 1. The zero-order valence-corrected chi connectivity index (χ0v) is 13.0. The third-order valence-corrected chi connectivity index (χ3v) is 4.73. The Kier molecular flexibility index (Phi) is 6.33. The molecule has 1 heterocycles. The fraction of sp³-hybridized carbons (Fsp3) is 0.818. The summed E-state index contributed by atoms with van der Waals surface area (Å²) in [5.41, 5.74) is -0.103. The van der Waals surface area contributed by atoms with Crippen LogP contribution < -0.4 is 5.69 Å². The van der Waals surface area contributed by atoms with Crippen molar-refractivity contribution in [2.24, 2.45) is 11.8 Å². The van der Waals surface area contributed by atoms with E-state index in [9.17, 15) is 4.79 Å². The summed E-state index contributed by atoms with van der Waals surface area (Å²) in [6, 6.07) is 0. The molecule has 1 N–H and O–H groups in total. The fourth-order valence-electron chi connectivity index (χ4n) is 1.43. The van der Waals surface area contributed by atoms with Gasteiger partial charge in [0.1, 0.15) is 0 Å². The van der Waals surface area contributed by atoms with Crippen LogP contribution in [-0.2, 0) is 6.54 Å². The van der Waals surface area contributed by atoms with Gasteiger partial charge in [-0.2, -0.15) is 0 Å². The molecule has 98 valence electrons. The van der Waals surface area contributed by atoms with Crippen molar-refractivity contribution >= 4 is 27.7 Å². The van der Waals surface area contributed by atoms with Gasteiger partial charge in [0.2, 0.25) is 0 Å². The quantitative estimate of drug-likeness (QED) is 0.620. The van der Waals surface area contributed by atoms with E-state index >= 15 is 0 Å². The molecule has 0 radical (unpaired) electrons. The molecular formula is C11H20BrN3OS. The van der Waals surface area contributed by atoms with Crippen molar-refractivity contribution in [2.45, 2.75) is 38.9 Å². The van der Waals surface area contributed by atoms with Gasteiger partial charge in [-0.25, -0.2) is 9.89 Å². The molecule has 0 bridgehead atoms. The number of alkyl halides is 1. The molecule has 0 saturated carbocycles. The van der Waals surface area contributed by atoms with Crippen LogP contribution in [0.4, 0.5) is 0 Å². The molecule has 1 atom stereocenters. The molecule has 0 aromatic carbocycles. The monoisotopic (exact) mass is 321 g/mol. The zero-order chi connectivity index (χ0) is 12.8. The molecule has 1 rings (SSSR count). The largest absolute Gasteiger partial charge is 0.343 e. The fourth-order valence-corrected chi connectivity index (χ4v) is 4.02. The zero-order valence-electron chi connectivity index (χ0n) is 10.6. The number of nitrogens with zero attached hydrogens (tertiary/aromatic N) is 2. The second-order valence-corrected chi connectivity index (χ2v) is 6.07. The summed E-state index contributed by atoms with van der Waals surface area (Å²) < 4.78 is 1.72. The number of aromatic amines is 1. The van der Waals surface area contributed by atoms with E-state index in [4.69, 9.17) is 0 Å². The van der Waals surface area contributed by atoms with E-state index in [0.717, 1.165) is 29.2 Å². The van der Waals surface area contributed by atoms with Gasteiger partial charge in [0.05, 0.1) is 0 Å². The highest BCUT2D eigenvalue weighted by Crippen LogP contribution is 2.23. The van der Waals surface area contributed by atoms with E-state index < -0.39 is 0 Å². The molecule has 17 heavy (non-hydrogen) atoms. The minimum atomic E-state index is -0.103. The molecular weight excluding hydrogens is 302 g/mol. The van der Waals surface area contributed by atoms with E-state index in [1.807, 2.05) is 0 Å². The summed E-state index contributed by atoms with van der Waals surface area (Å²) in [6.07, 6.45) is 0.944. The number of H-pyrrole nitrogens is 1. The summed E-state index contributed by atoms with van der Waals surface area (Å²) >= 11 is 5.19. The normalized spacial score (nSPS) is 13.2. The van der Waals surface area contributed by atoms with Crippen molar-refractivity contribution in [1.82, 2.24) is 14.8 Å². The van der Waals surface area contributed by atoms with Crippen molar-refractivity contribution in [2.75, 3.05) is 11.1 Å². The Morgan fingerprint density at radius 3 is 2.76 bits per heavy atom. The van der Waals surface area contributed by atoms with Gasteiger partial charge < -0.3 is 0 Å². The molecule has 0 spiro atoms. The highest BCUT2D eigenvalue weighted by atomic mass is 79.9. The standard InChI is InChI=1S/C11H20BrN3OS/c1-4-5-15-10(16)13-14-11(15)17-7-9(6-12)8(2)3/h8-9H,4-7H2,1-3H3,(H,13,16). The van der Waals surface area contributed by atoms with Crippen molar-refractivity contribution in [1.29, 1.82) is 0 Å². The summed E-state index contributed by atoms with van der Waals surface area (Å²) in [7, 11) is 0. The van der Waals surface area contributed by atoms with Crippen molar-refractivity contribution in [3.05, 3.63) is 10.5 Å². The Morgan fingerprint density at radius 2 is 2.24 bits per heavy atom. The molecule has 6 heteroatoms. The van der Waals surface area contributed by atoms with Crippen LogP contribution in [0, 0.1) is 11.8 Å². The van der Waals surface area contributed by atoms with E-state index in [-0.39, 0.29) is 5.69 Å². The van der Waals surface area contributed by atoms with Gasteiger partial charge in [0.25, 0.3) is 0 Å². The predicted octanol–water partition coefficient (Wildman–Crippen LogP) is 2.74. The van der Waals surface area contributed by atoms with E-state index in [1.54, 1.807) is 16.3 Å². The van der Waals surface area contributed by atoms with Gasteiger partial charge in [-0.05, 0) is 18.3 Å². The molecule has 0 aliphatic carbocycles. The average Bonchev–Trinajstić information content (AvgIpc) is 2.62. The second-order valence-electron chi connectivity index (χ2n) is 4.43. The maximum absolute atomic E-state index is 11.5. The first-order valence-electron chi connectivity index (χ1n) is 5.94. The van der Waals surface area contributed by atoms with Crippen LogP contribution in [0.25, 0.3) is 0 Å². The van der Waals surface area contributed by atoms with E-state index in [2.05, 4.69) is 46.9 Å². The topological polar surface area (TPSA) is 50.7 Å². The van der Waals surface area contributed by atoms with Crippen molar-refractivity contribution in [3.8, 4) is 0 Å². The van der Waals surface area contributed by atoms with Gasteiger partial charge in [-0.15, -0.1) is 5.10 Å². The minimum Gasteiger partial charge on any atom is -0.270 e. The van der Waals surface area contributed by atoms with Gasteiger partial charge in [0, 0.05) is 17.6 Å². The maximum atomic E-state index is 11.5. The second kappa shape index (κ2) is 7.26. The van der Waals surface area contributed by atoms with Crippen LogP contribution in [0.1, 0.15) is 27.2 Å². The third kappa shape index (κ3) is 4.17. The molecule has 1 aromatic heterocycles. The van der Waals surface area contributed by atoms with Crippen LogP contribution in [0.2, 0.25) is 0 Å². The number of rotatable bonds is 7. The molecule has 0 aliphatic rings. The lowest BCUT2D eigenvalue weighted by Gasteiger charge is -2.17.